The molecule has 0 radical (unpaired) electrons. The van der Waals surface area contributed by atoms with Gasteiger partial charge in [0.2, 0.25) is 0 Å². The van der Waals surface area contributed by atoms with Crippen LogP contribution in [0.2, 0.25) is 0 Å². The van der Waals surface area contributed by atoms with Crippen molar-refractivity contribution in [3.05, 3.63) is 24.0 Å². The lowest BCUT2D eigenvalue weighted by Crippen LogP contribution is -2.29. The van der Waals surface area contributed by atoms with Gasteiger partial charge in [-0.3, -0.25) is 4.98 Å². The number of nitrogens with zero attached hydrogens (tertiary/aromatic N) is 2. The van der Waals surface area contributed by atoms with Crippen LogP contribution in [0.3, 0.4) is 0 Å². The number of aromatic nitrogens is 1. The smallest absolute Gasteiger partial charge is 0.339 e. The Balaban J connectivity index is 2.17. The SMILES string of the molecule is COC(=O)c1cncc(N2CCCCC2)c1. The maximum absolute atomic E-state index is 11.4. The monoisotopic (exact) mass is 220 g/mol. The van der Waals surface area contributed by atoms with Crippen LogP contribution in [0.25, 0.3) is 0 Å². The number of carbonyl (C=O) groups excluding carboxylic acids is 1. The second kappa shape index (κ2) is 4.96. The Labute approximate surface area is 95.2 Å². The van der Waals surface area contributed by atoms with Crippen molar-refractivity contribution in [2.45, 2.75) is 19.3 Å². The average Bonchev–Trinajstić information content (AvgIpc) is 2.39. The lowest BCUT2D eigenvalue weighted by atomic mass is 10.1. The number of pyridine rings is 1. The highest BCUT2D eigenvalue weighted by molar-refractivity contribution is 5.89. The number of hydrogen-bond acceptors (Lipinski definition) is 4. The highest BCUT2D eigenvalue weighted by atomic mass is 16.5. The Hall–Kier alpha value is -1.58. The molecule has 0 N–H and O–H groups in total. The molecule has 1 saturated heterocycles. The van der Waals surface area contributed by atoms with Crippen molar-refractivity contribution in [3.8, 4) is 0 Å². The molecular formula is C12H16N2O2. The molecule has 0 aromatic carbocycles. The molecule has 1 aromatic heterocycles. The summed E-state index contributed by atoms with van der Waals surface area (Å²) < 4.78 is 4.68. The van der Waals surface area contributed by atoms with Crippen molar-refractivity contribution in [1.29, 1.82) is 0 Å². The standard InChI is InChI=1S/C12H16N2O2/c1-16-12(15)10-7-11(9-13-8-10)14-5-3-2-4-6-14/h7-9H,2-6H2,1H3. The molecule has 0 unspecified atom stereocenters. The molecule has 1 aromatic rings. The van der Waals surface area contributed by atoms with Gasteiger partial charge >= 0.3 is 5.97 Å². The zero-order valence-corrected chi connectivity index (χ0v) is 9.48. The van der Waals surface area contributed by atoms with Crippen LogP contribution in [0.5, 0.6) is 0 Å². The molecule has 4 nitrogen and oxygen atoms in total. The first-order chi connectivity index (χ1) is 7.81. The highest BCUT2D eigenvalue weighted by Crippen LogP contribution is 2.19. The summed E-state index contributed by atoms with van der Waals surface area (Å²) in [5.74, 6) is -0.327. The summed E-state index contributed by atoms with van der Waals surface area (Å²) in [5, 5.41) is 0. The molecular weight excluding hydrogens is 204 g/mol. The predicted octanol–water partition coefficient (Wildman–Crippen LogP) is 1.86. The van der Waals surface area contributed by atoms with Gasteiger partial charge in [-0.2, -0.15) is 0 Å². The summed E-state index contributed by atoms with van der Waals surface area (Å²) in [6, 6.07) is 1.85. The van der Waals surface area contributed by atoms with E-state index in [4.69, 9.17) is 0 Å². The molecule has 0 atom stereocenters. The van der Waals surface area contributed by atoms with Crippen LogP contribution in [-0.2, 0) is 4.74 Å². The Morgan fingerprint density at radius 2 is 2.06 bits per heavy atom. The fourth-order valence-corrected chi connectivity index (χ4v) is 1.98. The van der Waals surface area contributed by atoms with Crippen LogP contribution in [0.15, 0.2) is 18.5 Å². The molecule has 1 aliphatic rings. The van der Waals surface area contributed by atoms with Gasteiger partial charge in [0, 0.05) is 19.3 Å². The third kappa shape index (κ3) is 2.32. The lowest BCUT2D eigenvalue weighted by Gasteiger charge is -2.28. The first-order valence-electron chi connectivity index (χ1n) is 5.59. The molecule has 16 heavy (non-hydrogen) atoms. The number of anilines is 1. The maximum Gasteiger partial charge on any atom is 0.339 e. The van der Waals surface area contributed by atoms with E-state index in [1.54, 1.807) is 12.4 Å². The minimum atomic E-state index is -0.327. The summed E-state index contributed by atoms with van der Waals surface area (Å²) in [6.45, 7) is 2.10. The van der Waals surface area contributed by atoms with Gasteiger partial charge in [-0.1, -0.05) is 0 Å². The van der Waals surface area contributed by atoms with Crippen LogP contribution >= 0.6 is 0 Å². The van der Waals surface area contributed by atoms with E-state index >= 15 is 0 Å². The van der Waals surface area contributed by atoms with Gasteiger partial charge in [0.1, 0.15) is 0 Å². The Morgan fingerprint density at radius 1 is 1.31 bits per heavy atom. The molecule has 0 saturated carbocycles. The number of piperidine rings is 1. The zero-order valence-electron chi connectivity index (χ0n) is 9.48. The maximum atomic E-state index is 11.4. The number of methoxy groups -OCH3 is 1. The number of ether oxygens (including phenoxy) is 1. The van der Waals surface area contributed by atoms with Crippen molar-refractivity contribution >= 4 is 11.7 Å². The van der Waals surface area contributed by atoms with Crippen molar-refractivity contribution in [3.63, 3.8) is 0 Å². The van der Waals surface area contributed by atoms with Gasteiger partial charge in [0.15, 0.2) is 0 Å². The first kappa shape index (κ1) is 10.9. The highest BCUT2D eigenvalue weighted by Gasteiger charge is 2.13. The van der Waals surface area contributed by atoms with Crippen LogP contribution in [-0.4, -0.2) is 31.2 Å². The molecule has 0 spiro atoms. The summed E-state index contributed by atoms with van der Waals surface area (Å²) in [7, 11) is 1.38. The van der Waals surface area contributed by atoms with E-state index in [0.29, 0.717) is 5.56 Å². The van der Waals surface area contributed by atoms with E-state index in [9.17, 15) is 4.79 Å². The van der Waals surface area contributed by atoms with Crippen molar-refractivity contribution < 1.29 is 9.53 Å². The average molecular weight is 220 g/mol. The van der Waals surface area contributed by atoms with Crippen molar-refractivity contribution in [1.82, 2.24) is 4.98 Å². The van der Waals surface area contributed by atoms with E-state index < -0.39 is 0 Å². The number of rotatable bonds is 2. The third-order valence-electron chi connectivity index (χ3n) is 2.87. The third-order valence-corrected chi connectivity index (χ3v) is 2.87. The van der Waals surface area contributed by atoms with Crippen LogP contribution in [0, 0.1) is 0 Å². The second-order valence-corrected chi connectivity index (χ2v) is 3.97. The Kier molecular flexibility index (Phi) is 3.39. The fourth-order valence-electron chi connectivity index (χ4n) is 1.98. The summed E-state index contributed by atoms with van der Waals surface area (Å²) in [4.78, 5) is 17.7. The van der Waals surface area contributed by atoms with Crippen molar-refractivity contribution in [2.75, 3.05) is 25.1 Å². The second-order valence-electron chi connectivity index (χ2n) is 3.97. The molecule has 86 valence electrons. The fraction of sp³-hybridized carbons (Fsp3) is 0.500. The quantitative estimate of drug-likeness (QED) is 0.713. The summed E-state index contributed by atoms with van der Waals surface area (Å²) >= 11 is 0. The largest absolute Gasteiger partial charge is 0.465 e. The van der Waals surface area contributed by atoms with Gasteiger partial charge in [-0.25, -0.2) is 4.79 Å². The molecule has 1 aliphatic heterocycles. The zero-order chi connectivity index (χ0) is 11.4. The van der Waals surface area contributed by atoms with Crippen molar-refractivity contribution in [2.24, 2.45) is 0 Å². The van der Waals surface area contributed by atoms with Crippen LogP contribution in [0.4, 0.5) is 5.69 Å². The molecule has 2 heterocycles. The predicted molar refractivity (Wildman–Crippen MR) is 61.6 cm³/mol. The van der Waals surface area contributed by atoms with Crippen LogP contribution < -0.4 is 4.90 Å². The van der Waals surface area contributed by atoms with Crippen LogP contribution in [0.1, 0.15) is 29.6 Å². The molecule has 1 fully saturated rings. The van der Waals surface area contributed by atoms with Gasteiger partial charge in [0.05, 0.1) is 24.6 Å². The lowest BCUT2D eigenvalue weighted by molar-refractivity contribution is 0.0600. The van der Waals surface area contributed by atoms with Gasteiger partial charge in [0.25, 0.3) is 0 Å². The normalized spacial score (nSPS) is 15.9. The molecule has 2 rings (SSSR count). The Morgan fingerprint density at radius 3 is 2.75 bits per heavy atom. The minimum absolute atomic E-state index is 0.327. The topological polar surface area (TPSA) is 42.4 Å². The molecule has 4 heteroatoms. The molecule has 0 amide bonds. The van der Waals surface area contributed by atoms with Gasteiger partial charge in [-0.05, 0) is 25.3 Å². The summed E-state index contributed by atoms with van der Waals surface area (Å²) in [5.41, 5.74) is 1.54. The molecule has 0 aliphatic carbocycles. The van der Waals surface area contributed by atoms with E-state index in [0.717, 1.165) is 18.8 Å². The van der Waals surface area contributed by atoms with E-state index in [-0.39, 0.29) is 5.97 Å². The number of hydrogen-bond donors (Lipinski definition) is 0. The minimum Gasteiger partial charge on any atom is -0.465 e. The van der Waals surface area contributed by atoms with Gasteiger partial charge in [-0.15, -0.1) is 0 Å². The van der Waals surface area contributed by atoms with E-state index in [1.165, 1.54) is 26.4 Å². The van der Waals surface area contributed by atoms with Gasteiger partial charge < -0.3 is 9.64 Å². The van der Waals surface area contributed by atoms with E-state index in [1.807, 2.05) is 6.07 Å². The summed E-state index contributed by atoms with van der Waals surface area (Å²) in [6.07, 6.45) is 7.06. The number of esters is 1. The molecule has 0 bridgehead atoms. The number of carbonyl (C=O) groups is 1. The Bertz CT molecular complexity index is 373. The van der Waals surface area contributed by atoms with E-state index in [2.05, 4.69) is 14.6 Å². The first-order valence-corrected chi connectivity index (χ1v) is 5.59.